The molecular weight excluding hydrogens is 595 g/mol. The topological polar surface area (TPSA) is 115 Å². The molecule has 1 saturated heterocycles. The number of nitrogen functional groups attached to an aromatic ring is 1. The van der Waals surface area contributed by atoms with E-state index in [4.69, 9.17) is 38.6 Å². The number of hydrogen-bond donors (Lipinski definition) is 4. The SMILES string of the molecule is CCC(C)(CO)CO.CCCCC(C)=Nc1c(N)nc2cc(CCCN3CCN(C(=O)C(C)(S)CC(C)(C)C)CC3)ccc2c1C. The van der Waals surface area contributed by atoms with E-state index in [2.05, 4.69) is 64.6 Å². The molecule has 1 aliphatic heterocycles. The van der Waals surface area contributed by atoms with Crippen molar-refractivity contribution in [1.82, 2.24) is 14.8 Å². The molecule has 0 bridgehead atoms. The van der Waals surface area contributed by atoms with Gasteiger partial charge in [0.25, 0.3) is 0 Å². The maximum atomic E-state index is 13.1. The Hall–Kier alpha value is -2.20. The number of aliphatic imine (C=N–C) groups is 1. The van der Waals surface area contributed by atoms with E-state index in [0.717, 1.165) is 106 Å². The molecule has 260 valence electrons. The predicted molar refractivity (Wildman–Crippen MR) is 199 cm³/mol. The van der Waals surface area contributed by atoms with Crippen LogP contribution in [0.3, 0.4) is 0 Å². The van der Waals surface area contributed by atoms with Gasteiger partial charge in [-0.05, 0) is 88.4 Å². The summed E-state index contributed by atoms with van der Waals surface area (Å²) in [6.07, 6.45) is 6.93. The van der Waals surface area contributed by atoms with Gasteiger partial charge < -0.3 is 20.8 Å². The lowest BCUT2D eigenvalue weighted by molar-refractivity contribution is -0.135. The molecule has 1 aromatic heterocycles. The monoisotopic (exact) mass is 657 g/mol. The molecular formula is C37H63N5O3S. The first kappa shape index (κ1) is 40.0. The van der Waals surface area contributed by atoms with Crippen molar-refractivity contribution in [3.05, 3.63) is 29.3 Å². The van der Waals surface area contributed by atoms with Crippen molar-refractivity contribution < 1.29 is 15.0 Å². The summed E-state index contributed by atoms with van der Waals surface area (Å²) >= 11 is 4.75. The number of unbranched alkanes of at least 4 members (excludes halogenated alkanes) is 1. The van der Waals surface area contributed by atoms with Gasteiger partial charge in [0, 0.05) is 42.7 Å². The second kappa shape index (κ2) is 17.8. The zero-order chi connectivity index (χ0) is 34.7. The van der Waals surface area contributed by atoms with Gasteiger partial charge in [-0.25, -0.2) is 4.98 Å². The third-order valence-electron chi connectivity index (χ3n) is 9.05. The number of fused-ring (bicyclic) bond motifs is 1. The number of aromatic nitrogens is 1. The first-order valence-corrected chi connectivity index (χ1v) is 17.6. The van der Waals surface area contributed by atoms with E-state index in [0.29, 0.717) is 5.82 Å². The Morgan fingerprint density at radius 1 is 1.04 bits per heavy atom. The fourth-order valence-corrected chi connectivity index (χ4v) is 6.48. The summed E-state index contributed by atoms with van der Waals surface area (Å²) in [5, 5.41) is 18.4. The summed E-state index contributed by atoms with van der Waals surface area (Å²) in [4.78, 5) is 27.1. The minimum absolute atomic E-state index is 0.0694. The van der Waals surface area contributed by atoms with Crippen LogP contribution in [0.5, 0.6) is 0 Å². The number of carbonyl (C=O) groups excluding carboxylic acids is 1. The summed E-state index contributed by atoms with van der Waals surface area (Å²) in [7, 11) is 0. The number of rotatable bonds is 13. The molecule has 46 heavy (non-hydrogen) atoms. The Bertz CT molecular complexity index is 1280. The molecule has 2 aromatic rings. The van der Waals surface area contributed by atoms with E-state index in [1.54, 1.807) is 0 Å². The number of carbonyl (C=O) groups is 1. The van der Waals surface area contributed by atoms with Crippen LogP contribution in [0.25, 0.3) is 10.9 Å². The van der Waals surface area contributed by atoms with Crippen molar-refractivity contribution in [3.63, 3.8) is 0 Å². The van der Waals surface area contributed by atoms with E-state index in [1.807, 2.05) is 25.7 Å². The highest BCUT2D eigenvalue weighted by Crippen LogP contribution is 2.34. The number of nitrogens with zero attached hydrogens (tertiary/aromatic N) is 4. The van der Waals surface area contributed by atoms with Gasteiger partial charge in [-0.2, -0.15) is 12.6 Å². The van der Waals surface area contributed by atoms with Crippen LogP contribution in [0.4, 0.5) is 11.5 Å². The summed E-state index contributed by atoms with van der Waals surface area (Å²) in [5.74, 6) is 0.675. The molecule has 1 aliphatic rings. The zero-order valence-electron chi connectivity index (χ0n) is 30.2. The number of aryl methyl sites for hydroxylation is 2. The van der Waals surface area contributed by atoms with Gasteiger partial charge in [0.2, 0.25) is 5.91 Å². The van der Waals surface area contributed by atoms with E-state index >= 15 is 0 Å². The molecule has 1 fully saturated rings. The standard InChI is InChI=1S/C31H49N5OS.C6H14O2/c1-8-9-11-22(2)33-27-23(3)25-14-13-24(20-26(25)34-28(27)32)12-10-15-35-16-18-36(19-17-35)29(37)31(7,38)21-30(4,5)6;1-3-6(2,4-7)5-8/h13-14,20,38H,8-12,15-19,21H2,1-7H3,(H2,32,34);7-8H,3-5H2,1-2H3. The zero-order valence-corrected chi connectivity index (χ0v) is 31.1. The smallest absolute Gasteiger partial charge is 0.238 e. The highest BCUT2D eigenvalue weighted by Gasteiger charge is 2.37. The van der Waals surface area contributed by atoms with Crippen LogP contribution < -0.4 is 5.73 Å². The molecule has 0 saturated carbocycles. The Kier molecular flexibility index (Phi) is 15.5. The molecule has 4 N–H and O–H groups in total. The molecule has 1 atom stereocenters. The molecule has 1 aromatic carbocycles. The van der Waals surface area contributed by atoms with E-state index in [-0.39, 0.29) is 30.0 Å². The van der Waals surface area contributed by atoms with Crippen molar-refractivity contribution in [1.29, 1.82) is 0 Å². The molecule has 1 amide bonds. The minimum Gasteiger partial charge on any atom is -0.396 e. The largest absolute Gasteiger partial charge is 0.396 e. The van der Waals surface area contributed by atoms with Crippen LogP contribution >= 0.6 is 12.6 Å². The summed E-state index contributed by atoms with van der Waals surface area (Å²) < 4.78 is -0.618. The maximum Gasteiger partial charge on any atom is 0.238 e. The second-order valence-corrected chi connectivity index (χ2v) is 16.0. The fraction of sp³-hybridized carbons (Fsp3) is 0.703. The van der Waals surface area contributed by atoms with E-state index in [1.165, 1.54) is 5.56 Å². The van der Waals surface area contributed by atoms with Crippen LogP contribution in [0.15, 0.2) is 23.2 Å². The van der Waals surface area contributed by atoms with Gasteiger partial charge in [0.1, 0.15) is 11.5 Å². The molecule has 9 heteroatoms. The average Bonchev–Trinajstić information content (AvgIpc) is 3.00. The summed E-state index contributed by atoms with van der Waals surface area (Å²) in [5.41, 5.74) is 11.4. The van der Waals surface area contributed by atoms with Crippen LogP contribution in [-0.4, -0.2) is 87.3 Å². The number of amides is 1. The van der Waals surface area contributed by atoms with Crippen molar-refractivity contribution in [2.24, 2.45) is 15.8 Å². The Labute approximate surface area is 284 Å². The predicted octanol–water partition coefficient (Wildman–Crippen LogP) is 7.00. The van der Waals surface area contributed by atoms with Crippen molar-refractivity contribution in [2.45, 2.75) is 112 Å². The summed E-state index contributed by atoms with van der Waals surface area (Å²) in [6.45, 7) is 23.2. The molecule has 1 unspecified atom stereocenters. The third-order valence-corrected chi connectivity index (χ3v) is 9.40. The first-order valence-electron chi connectivity index (χ1n) is 17.2. The maximum absolute atomic E-state index is 13.1. The number of thiol groups is 1. The van der Waals surface area contributed by atoms with Gasteiger partial charge in [-0.15, -0.1) is 0 Å². The lowest BCUT2D eigenvalue weighted by atomic mass is 9.84. The van der Waals surface area contributed by atoms with Crippen LogP contribution in [0.1, 0.15) is 105 Å². The van der Waals surface area contributed by atoms with Crippen LogP contribution in [0, 0.1) is 17.8 Å². The van der Waals surface area contributed by atoms with E-state index in [9.17, 15) is 4.79 Å². The first-order chi connectivity index (χ1) is 21.5. The number of piperazine rings is 1. The number of aliphatic hydroxyl groups excluding tert-OH is 2. The van der Waals surface area contributed by atoms with Crippen LogP contribution in [-0.2, 0) is 11.2 Å². The summed E-state index contributed by atoms with van der Waals surface area (Å²) in [6, 6.07) is 6.56. The number of pyridine rings is 1. The van der Waals surface area contributed by atoms with Gasteiger partial charge in [-0.3, -0.25) is 14.7 Å². The van der Waals surface area contributed by atoms with Gasteiger partial charge in [0.05, 0.1) is 23.5 Å². The lowest BCUT2D eigenvalue weighted by Gasteiger charge is -2.40. The number of anilines is 1. The van der Waals surface area contributed by atoms with Gasteiger partial charge in [0.15, 0.2) is 0 Å². The average molecular weight is 658 g/mol. The highest BCUT2D eigenvalue weighted by molar-refractivity contribution is 7.82. The van der Waals surface area contributed by atoms with Crippen molar-refractivity contribution >= 4 is 46.7 Å². The molecule has 3 rings (SSSR count). The quantitative estimate of drug-likeness (QED) is 0.136. The van der Waals surface area contributed by atoms with Gasteiger partial charge >= 0.3 is 0 Å². The number of nitrogens with two attached hydrogens (primary N) is 1. The Morgan fingerprint density at radius 3 is 2.20 bits per heavy atom. The molecule has 8 nitrogen and oxygen atoms in total. The highest BCUT2D eigenvalue weighted by atomic mass is 32.1. The molecule has 2 heterocycles. The fourth-order valence-electron chi connectivity index (χ4n) is 5.87. The molecule has 0 radical (unpaired) electrons. The number of aliphatic hydroxyl groups is 2. The van der Waals surface area contributed by atoms with E-state index < -0.39 is 4.75 Å². The second-order valence-electron chi connectivity index (χ2n) is 15.0. The Balaban J connectivity index is 0.000000812. The van der Waals surface area contributed by atoms with Crippen molar-refractivity contribution in [2.75, 3.05) is 51.7 Å². The minimum atomic E-state index is -0.618. The van der Waals surface area contributed by atoms with Crippen molar-refractivity contribution in [3.8, 4) is 0 Å². The van der Waals surface area contributed by atoms with Gasteiger partial charge in [-0.1, -0.05) is 60.1 Å². The molecule has 0 aliphatic carbocycles. The molecule has 0 spiro atoms. The lowest BCUT2D eigenvalue weighted by Crippen LogP contribution is -2.54. The Morgan fingerprint density at radius 2 is 1.67 bits per heavy atom. The normalized spacial score (nSPS) is 16.3. The number of benzene rings is 1. The number of hydrogen-bond acceptors (Lipinski definition) is 8. The van der Waals surface area contributed by atoms with Crippen LogP contribution in [0.2, 0.25) is 0 Å². The third kappa shape index (κ3) is 12.1.